The Balaban J connectivity index is 1.96. The number of hydrogen-bond donors (Lipinski definition) is 1. The monoisotopic (exact) mass is 344 g/mol. The molecule has 0 saturated carbocycles. The minimum atomic E-state index is -4.77. The zero-order valence-electron chi connectivity index (χ0n) is 13.0. The lowest BCUT2D eigenvalue weighted by Crippen LogP contribution is -2.41. The molecule has 1 saturated heterocycles. The van der Waals surface area contributed by atoms with Crippen LogP contribution in [-0.4, -0.2) is 36.2 Å². The van der Waals surface area contributed by atoms with Gasteiger partial charge in [-0.05, 0) is 36.5 Å². The summed E-state index contributed by atoms with van der Waals surface area (Å²) in [6.07, 6.45) is -2.93. The van der Waals surface area contributed by atoms with Crippen LogP contribution in [0.5, 0.6) is 5.75 Å². The topological polar surface area (TPSA) is 72.6 Å². The molecule has 2 rings (SSSR count). The van der Waals surface area contributed by atoms with E-state index >= 15 is 0 Å². The predicted molar refractivity (Wildman–Crippen MR) is 79.9 cm³/mol. The van der Waals surface area contributed by atoms with Crippen molar-refractivity contribution in [3.05, 3.63) is 29.8 Å². The number of alkyl halides is 3. The normalized spacial score (nSPS) is 18.3. The lowest BCUT2D eigenvalue weighted by Gasteiger charge is -2.32. The third kappa shape index (κ3) is 5.75. The SMILES string of the molecule is NC(=O)C[C@H]1CCCN(C(=O)Cc2cccc(OC(F)(F)F)c2)C1. The highest BCUT2D eigenvalue weighted by atomic mass is 19.4. The van der Waals surface area contributed by atoms with Gasteiger partial charge in [0.25, 0.3) is 0 Å². The maximum atomic E-state index is 12.3. The Kier molecular flexibility index (Phi) is 5.69. The number of hydrogen-bond acceptors (Lipinski definition) is 3. The maximum absolute atomic E-state index is 12.3. The van der Waals surface area contributed by atoms with Crippen LogP contribution >= 0.6 is 0 Å². The highest BCUT2D eigenvalue weighted by Gasteiger charge is 2.31. The molecule has 132 valence electrons. The molecule has 0 spiro atoms. The fraction of sp³-hybridized carbons (Fsp3) is 0.500. The van der Waals surface area contributed by atoms with Gasteiger partial charge < -0.3 is 15.4 Å². The first kappa shape index (κ1) is 18.1. The van der Waals surface area contributed by atoms with Crippen LogP contribution in [0, 0.1) is 5.92 Å². The molecule has 5 nitrogen and oxygen atoms in total. The molecule has 1 fully saturated rings. The van der Waals surface area contributed by atoms with Gasteiger partial charge in [0.2, 0.25) is 11.8 Å². The maximum Gasteiger partial charge on any atom is 0.573 e. The number of carbonyl (C=O) groups excluding carboxylic acids is 2. The third-order valence-corrected chi connectivity index (χ3v) is 3.85. The van der Waals surface area contributed by atoms with Crippen LogP contribution in [0.4, 0.5) is 13.2 Å². The van der Waals surface area contributed by atoms with Crippen LogP contribution in [0.1, 0.15) is 24.8 Å². The highest BCUT2D eigenvalue weighted by molar-refractivity contribution is 5.79. The highest BCUT2D eigenvalue weighted by Crippen LogP contribution is 2.24. The summed E-state index contributed by atoms with van der Waals surface area (Å²) in [5.74, 6) is -0.891. The van der Waals surface area contributed by atoms with Crippen molar-refractivity contribution in [2.24, 2.45) is 11.7 Å². The fourth-order valence-electron chi connectivity index (χ4n) is 2.88. The molecule has 1 aromatic carbocycles. The van der Waals surface area contributed by atoms with Crippen molar-refractivity contribution in [3.63, 3.8) is 0 Å². The lowest BCUT2D eigenvalue weighted by atomic mass is 9.94. The average Bonchev–Trinajstić information content (AvgIpc) is 2.45. The molecule has 0 aliphatic carbocycles. The number of halogens is 3. The molecule has 0 aromatic heterocycles. The van der Waals surface area contributed by atoms with E-state index in [1.807, 2.05) is 0 Å². The summed E-state index contributed by atoms with van der Waals surface area (Å²) in [5.41, 5.74) is 5.63. The van der Waals surface area contributed by atoms with Crippen molar-refractivity contribution < 1.29 is 27.5 Å². The van der Waals surface area contributed by atoms with E-state index in [0.717, 1.165) is 12.8 Å². The molecule has 8 heteroatoms. The van der Waals surface area contributed by atoms with Gasteiger partial charge in [0.1, 0.15) is 5.75 Å². The van der Waals surface area contributed by atoms with Crippen LogP contribution in [0.25, 0.3) is 0 Å². The number of carbonyl (C=O) groups is 2. The Bertz CT molecular complexity index is 604. The molecular formula is C16H19F3N2O3. The number of nitrogens with two attached hydrogens (primary N) is 1. The second-order valence-corrected chi connectivity index (χ2v) is 5.89. The van der Waals surface area contributed by atoms with Gasteiger partial charge in [-0.1, -0.05) is 12.1 Å². The number of likely N-dealkylation sites (tertiary alicyclic amines) is 1. The van der Waals surface area contributed by atoms with Crippen molar-refractivity contribution in [2.45, 2.75) is 32.0 Å². The van der Waals surface area contributed by atoms with E-state index in [1.54, 1.807) is 11.0 Å². The van der Waals surface area contributed by atoms with Gasteiger partial charge >= 0.3 is 6.36 Å². The molecule has 1 aromatic rings. The second kappa shape index (κ2) is 7.55. The van der Waals surface area contributed by atoms with Gasteiger partial charge in [0.15, 0.2) is 0 Å². The largest absolute Gasteiger partial charge is 0.573 e. The van der Waals surface area contributed by atoms with E-state index in [0.29, 0.717) is 18.7 Å². The molecule has 2 amide bonds. The van der Waals surface area contributed by atoms with E-state index in [-0.39, 0.29) is 30.4 Å². The number of nitrogens with zero attached hydrogens (tertiary/aromatic N) is 1. The van der Waals surface area contributed by atoms with E-state index in [4.69, 9.17) is 5.73 Å². The zero-order valence-corrected chi connectivity index (χ0v) is 13.0. The van der Waals surface area contributed by atoms with Gasteiger partial charge in [-0.2, -0.15) is 0 Å². The van der Waals surface area contributed by atoms with Crippen molar-refractivity contribution in [1.29, 1.82) is 0 Å². The molecule has 0 unspecified atom stereocenters. The lowest BCUT2D eigenvalue weighted by molar-refractivity contribution is -0.274. The molecule has 1 heterocycles. The molecule has 1 aliphatic heterocycles. The number of benzene rings is 1. The molecule has 1 aliphatic rings. The standard InChI is InChI=1S/C16H19F3N2O3/c17-16(18,19)24-13-5-1-3-11(7-13)9-15(23)21-6-2-4-12(10-21)8-14(20)22/h1,3,5,7,12H,2,4,6,8-10H2,(H2,20,22)/t12-/m1/s1. The fourth-order valence-corrected chi connectivity index (χ4v) is 2.88. The summed E-state index contributed by atoms with van der Waals surface area (Å²) in [6, 6.07) is 5.38. The summed E-state index contributed by atoms with van der Waals surface area (Å²) >= 11 is 0. The quantitative estimate of drug-likeness (QED) is 0.890. The molecule has 1 atom stereocenters. The Morgan fingerprint density at radius 3 is 2.75 bits per heavy atom. The predicted octanol–water partition coefficient (Wildman–Crippen LogP) is 2.24. The Hall–Kier alpha value is -2.25. The number of amides is 2. The molecule has 24 heavy (non-hydrogen) atoms. The Labute approximate surface area is 137 Å². The summed E-state index contributed by atoms with van der Waals surface area (Å²) < 4.78 is 40.6. The minimum Gasteiger partial charge on any atom is -0.406 e. The number of primary amides is 1. The second-order valence-electron chi connectivity index (χ2n) is 5.89. The van der Waals surface area contributed by atoms with E-state index in [2.05, 4.69) is 4.74 Å². The average molecular weight is 344 g/mol. The van der Waals surface area contributed by atoms with Gasteiger partial charge in [-0.15, -0.1) is 13.2 Å². The summed E-state index contributed by atoms with van der Waals surface area (Å²) in [4.78, 5) is 25.0. The van der Waals surface area contributed by atoms with Crippen LogP contribution in [0.2, 0.25) is 0 Å². The zero-order chi connectivity index (χ0) is 17.7. The van der Waals surface area contributed by atoms with Gasteiger partial charge in [0.05, 0.1) is 6.42 Å². The first-order valence-corrected chi connectivity index (χ1v) is 7.63. The van der Waals surface area contributed by atoms with Crippen molar-refractivity contribution in [1.82, 2.24) is 4.90 Å². The molecular weight excluding hydrogens is 325 g/mol. The first-order valence-electron chi connectivity index (χ1n) is 7.63. The summed E-state index contributed by atoms with van der Waals surface area (Å²) in [6.45, 7) is 1.02. The van der Waals surface area contributed by atoms with Crippen LogP contribution in [0.3, 0.4) is 0 Å². The number of rotatable bonds is 5. The van der Waals surface area contributed by atoms with Crippen molar-refractivity contribution in [3.8, 4) is 5.75 Å². The van der Waals surface area contributed by atoms with Crippen LogP contribution < -0.4 is 10.5 Å². The van der Waals surface area contributed by atoms with Crippen LogP contribution in [0.15, 0.2) is 24.3 Å². The van der Waals surface area contributed by atoms with Crippen LogP contribution in [-0.2, 0) is 16.0 Å². The molecule has 0 radical (unpaired) electrons. The van der Waals surface area contributed by atoms with Gasteiger partial charge in [0, 0.05) is 19.5 Å². The van der Waals surface area contributed by atoms with Crippen molar-refractivity contribution >= 4 is 11.8 Å². The summed E-state index contributed by atoms with van der Waals surface area (Å²) in [5, 5.41) is 0. The smallest absolute Gasteiger partial charge is 0.406 e. The minimum absolute atomic E-state index is 0.0155. The number of piperidine rings is 1. The molecule has 2 N–H and O–H groups in total. The first-order chi connectivity index (χ1) is 11.2. The van der Waals surface area contributed by atoms with E-state index in [1.165, 1.54) is 18.2 Å². The van der Waals surface area contributed by atoms with Gasteiger partial charge in [-0.25, -0.2) is 0 Å². The van der Waals surface area contributed by atoms with Gasteiger partial charge in [-0.3, -0.25) is 9.59 Å². The summed E-state index contributed by atoms with van der Waals surface area (Å²) in [7, 11) is 0. The Morgan fingerprint density at radius 1 is 1.33 bits per heavy atom. The van der Waals surface area contributed by atoms with E-state index in [9.17, 15) is 22.8 Å². The van der Waals surface area contributed by atoms with Crippen molar-refractivity contribution in [2.75, 3.05) is 13.1 Å². The number of ether oxygens (including phenoxy) is 1. The Morgan fingerprint density at radius 2 is 2.08 bits per heavy atom. The third-order valence-electron chi connectivity index (χ3n) is 3.85. The molecule has 0 bridgehead atoms. The van der Waals surface area contributed by atoms with E-state index < -0.39 is 12.3 Å².